The van der Waals surface area contributed by atoms with Crippen LogP contribution in [0.2, 0.25) is 0 Å². The van der Waals surface area contributed by atoms with Gasteiger partial charge in [-0.05, 0) is 50.8 Å². The van der Waals surface area contributed by atoms with Gasteiger partial charge in [0.25, 0.3) is 0 Å². The van der Waals surface area contributed by atoms with Crippen molar-refractivity contribution in [1.82, 2.24) is 0 Å². The Morgan fingerprint density at radius 3 is 1.77 bits per heavy atom. The number of hydrogen-bond acceptors (Lipinski definition) is 5. The fourth-order valence-electron chi connectivity index (χ4n) is 2.85. The second-order valence-electron chi connectivity index (χ2n) is 6.82. The van der Waals surface area contributed by atoms with Crippen LogP contribution in [0.1, 0.15) is 57.9 Å². The van der Waals surface area contributed by atoms with Gasteiger partial charge < -0.3 is 14.2 Å². The third-order valence-corrected chi connectivity index (χ3v) is 6.88. The summed E-state index contributed by atoms with van der Waals surface area (Å²) in [5.74, 6) is 2.31. The van der Waals surface area contributed by atoms with E-state index in [9.17, 15) is 8.42 Å². The van der Waals surface area contributed by atoms with Crippen LogP contribution < -0.4 is 14.2 Å². The third-order valence-electron chi connectivity index (χ3n) is 4.59. The van der Waals surface area contributed by atoms with E-state index in [-0.39, 0.29) is 5.25 Å². The van der Waals surface area contributed by atoms with E-state index in [2.05, 4.69) is 0 Å². The first-order valence-electron chi connectivity index (χ1n) is 9.36. The standard InChI is InChI=1S/C20H34O5S/c1-16(2)26(21,22)13-11-9-7-6-8-10-12-17-14-18(23-3)20(25-5)19(15-17)24-4/h14-16H,6-13H2,1-5H3. The molecule has 6 heteroatoms. The lowest BCUT2D eigenvalue weighted by molar-refractivity contribution is 0.323. The van der Waals surface area contributed by atoms with Crippen LogP contribution in [-0.4, -0.2) is 40.7 Å². The highest BCUT2D eigenvalue weighted by molar-refractivity contribution is 7.91. The maximum atomic E-state index is 11.7. The molecule has 0 N–H and O–H groups in total. The number of benzene rings is 1. The average molecular weight is 387 g/mol. The Balaban J connectivity index is 2.32. The molecule has 0 unspecified atom stereocenters. The Kier molecular flexibility index (Phi) is 9.84. The first-order chi connectivity index (χ1) is 12.4. The summed E-state index contributed by atoms with van der Waals surface area (Å²) in [6.07, 6.45) is 7.15. The van der Waals surface area contributed by atoms with Crippen molar-refractivity contribution in [2.24, 2.45) is 0 Å². The van der Waals surface area contributed by atoms with E-state index < -0.39 is 9.84 Å². The molecular formula is C20H34O5S. The normalized spacial score (nSPS) is 11.6. The Morgan fingerprint density at radius 2 is 1.31 bits per heavy atom. The maximum Gasteiger partial charge on any atom is 0.203 e. The predicted molar refractivity (Wildman–Crippen MR) is 106 cm³/mol. The topological polar surface area (TPSA) is 61.8 Å². The number of unbranched alkanes of at least 4 members (excludes halogenated alkanes) is 5. The molecule has 0 aliphatic heterocycles. The van der Waals surface area contributed by atoms with Crippen molar-refractivity contribution in [2.75, 3.05) is 27.1 Å². The van der Waals surface area contributed by atoms with Crippen LogP contribution in [0.5, 0.6) is 17.2 Å². The second kappa shape index (κ2) is 11.3. The average Bonchev–Trinajstić information content (AvgIpc) is 2.62. The number of sulfone groups is 1. The quantitative estimate of drug-likeness (QED) is 0.470. The summed E-state index contributed by atoms with van der Waals surface area (Å²) in [4.78, 5) is 0. The monoisotopic (exact) mass is 386 g/mol. The number of hydrogen-bond donors (Lipinski definition) is 0. The fraction of sp³-hybridized carbons (Fsp3) is 0.700. The third kappa shape index (κ3) is 7.06. The van der Waals surface area contributed by atoms with Crippen molar-refractivity contribution >= 4 is 9.84 Å². The molecule has 1 rings (SSSR count). The van der Waals surface area contributed by atoms with Crippen LogP contribution in [0.25, 0.3) is 0 Å². The highest BCUT2D eigenvalue weighted by atomic mass is 32.2. The Bertz CT molecular complexity index is 613. The van der Waals surface area contributed by atoms with Crippen LogP contribution in [-0.2, 0) is 16.3 Å². The van der Waals surface area contributed by atoms with Gasteiger partial charge in [0.15, 0.2) is 21.3 Å². The van der Waals surface area contributed by atoms with Crippen LogP contribution >= 0.6 is 0 Å². The molecule has 0 saturated carbocycles. The molecule has 0 aliphatic rings. The molecule has 0 atom stereocenters. The maximum absolute atomic E-state index is 11.7. The molecule has 150 valence electrons. The molecule has 0 spiro atoms. The first-order valence-corrected chi connectivity index (χ1v) is 11.1. The van der Waals surface area contributed by atoms with Crippen LogP contribution in [0.15, 0.2) is 12.1 Å². The minimum absolute atomic E-state index is 0.263. The lowest BCUT2D eigenvalue weighted by Gasteiger charge is -2.14. The zero-order valence-electron chi connectivity index (χ0n) is 16.8. The van der Waals surface area contributed by atoms with E-state index in [1.54, 1.807) is 35.2 Å². The highest BCUT2D eigenvalue weighted by Gasteiger charge is 2.15. The van der Waals surface area contributed by atoms with E-state index in [0.717, 1.165) is 44.9 Å². The SMILES string of the molecule is COc1cc(CCCCCCCCS(=O)(=O)C(C)C)cc(OC)c1OC. The van der Waals surface area contributed by atoms with Gasteiger partial charge in [-0.15, -0.1) is 0 Å². The fourth-order valence-corrected chi connectivity index (χ4v) is 3.93. The van der Waals surface area contributed by atoms with E-state index in [1.807, 2.05) is 12.1 Å². The zero-order valence-corrected chi connectivity index (χ0v) is 17.7. The summed E-state index contributed by atoms with van der Waals surface area (Å²) < 4.78 is 39.6. The summed E-state index contributed by atoms with van der Waals surface area (Å²) in [5.41, 5.74) is 1.17. The summed E-state index contributed by atoms with van der Waals surface area (Å²) >= 11 is 0. The van der Waals surface area contributed by atoms with Crippen molar-refractivity contribution in [3.8, 4) is 17.2 Å². The molecule has 0 aromatic heterocycles. The smallest absolute Gasteiger partial charge is 0.203 e. The van der Waals surface area contributed by atoms with Gasteiger partial charge in [0, 0.05) is 0 Å². The van der Waals surface area contributed by atoms with Gasteiger partial charge in [-0.2, -0.15) is 0 Å². The minimum atomic E-state index is -2.88. The van der Waals surface area contributed by atoms with Crippen molar-refractivity contribution in [3.63, 3.8) is 0 Å². The summed E-state index contributed by atoms with van der Waals surface area (Å²) in [5, 5.41) is -0.263. The summed E-state index contributed by atoms with van der Waals surface area (Å²) in [6, 6.07) is 4.00. The molecule has 0 aliphatic carbocycles. The molecule has 5 nitrogen and oxygen atoms in total. The molecule has 0 saturated heterocycles. The summed E-state index contributed by atoms with van der Waals surface area (Å²) in [7, 11) is 1.97. The Labute approximate surface area is 159 Å². The molecule has 0 amide bonds. The molecule has 0 radical (unpaired) electrons. The molecule has 0 heterocycles. The van der Waals surface area contributed by atoms with Gasteiger partial charge in [-0.25, -0.2) is 8.42 Å². The molecule has 1 aromatic carbocycles. The zero-order chi connectivity index (χ0) is 19.6. The molecule has 0 fully saturated rings. The van der Waals surface area contributed by atoms with Gasteiger partial charge in [0.05, 0.1) is 32.3 Å². The minimum Gasteiger partial charge on any atom is -0.493 e. The van der Waals surface area contributed by atoms with Crippen molar-refractivity contribution < 1.29 is 22.6 Å². The number of methoxy groups -OCH3 is 3. The van der Waals surface area contributed by atoms with Crippen LogP contribution in [0.4, 0.5) is 0 Å². The van der Waals surface area contributed by atoms with E-state index in [4.69, 9.17) is 14.2 Å². The van der Waals surface area contributed by atoms with E-state index in [1.165, 1.54) is 5.56 Å². The Hall–Kier alpha value is -1.43. The Morgan fingerprint density at radius 1 is 0.808 bits per heavy atom. The van der Waals surface area contributed by atoms with Gasteiger partial charge in [0.1, 0.15) is 0 Å². The van der Waals surface area contributed by atoms with Gasteiger partial charge in [0.2, 0.25) is 5.75 Å². The summed E-state index contributed by atoms with van der Waals surface area (Å²) in [6.45, 7) is 3.50. The predicted octanol–water partition coefficient (Wildman–Crippen LogP) is 4.42. The molecule has 0 bridgehead atoms. The molecule has 1 aromatic rings. The number of ether oxygens (including phenoxy) is 3. The van der Waals surface area contributed by atoms with Gasteiger partial charge >= 0.3 is 0 Å². The van der Waals surface area contributed by atoms with E-state index >= 15 is 0 Å². The van der Waals surface area contributed by atoms with Crippen molar-refractivity contribution in [2.45, 2.75) is 64.0 Å². The van der Waals surface area contributed by atoms with Crippen LogP contribution in [0.3, 0.4) is 0 Å². The van der Waals surface area contributed by atoms with Gasteiger partial charge in [-0.3, -0.25) is 0 Å². The highest BCUT2D eigenvalue weighted by Crippen LogP contribution is 2.38. The largest absolute Gasteiger partial charge is 0.493 e. The van der Waals surface area contributed by atoms with Crippen molar-refractivity contribution in [1.29, 1.82) is 0 Å². The number of aryl methyl sites for hydroxylation is 1. The van der Waals surface area contributed by atoms with Crippen molar-refractivity contribution in [3.05, 3.63) is 17.7 Å². The number of rotatable bonds is 13. The van der Waals surface area contributed by atoms with Crippen LogP contribution in [0, 0.1) is 0 Å². The molecule has 26 heavy (non-hydrogen) atoms. The lowest BCUT2D eigenvalue weighted by Crippen LogP contribution is -2.17. The van der Waals surface area contributed by atoms with Gasteiger partial charge in [-0.1, -0.05) is 25.7 Å². The van der Waals surface area contributed by atoms with E-state index in [0.29, 0.717) is 23.0 Å². The lowest BCUT2D eigenvalue weighted by atomic mass is 10.0. The second-order valence-corrected chi connectivity index (χ2v) is 9.50. The first kappa shape index (κ1) is 22.6. The molecular weight excluding hydrogens is 352 g/mol.